The van der Waals surface area contributed by atoms with E-state index in [1.165, 1.54) is 50.6 Å². The lowest BCUT2D eigenvalue weighted by Gasteiger charge is -2.22. The minimum atomic E-state index is -4.06. The van der Waals surface area contributed by atoms with Crippen LogP contribution in [0.4, 0.5) is 5.69 Å². The number of carbonyl (C=O) groups is 1. The molecule has 0 atom stereocenters. The number of ether oxygens (including phenoxy) is 1. The third-order valence-electron chi connectivity index (χ3n) is 3.90. The highest BCUT2D eigenvalue weighted by Crippen LogP contribution is 2.33. The second-order valence-electron chi connectivity index (χ2n) is 5.80. The number of aliphatic carboxylic acids is 1. The number of rotatable bonds is 9. The van der Waals surface area contributed by atoms with E-state index in [1.807, 2.05) is 0 Å². The summed E-state index contributed by atoms with van der Waals surface area (Å²) in [6.45, 7) is -0.308. The van der Waals surface area contributed by atoms with Gasteiger partial charge in [0.2, 0.25) is 10.0 Å². The lowest BCUT2D eigenvalue weighted by atomic mass is 10.3. The molecule has 0 saturated heterocycles. The van der Waals surface area contributed by atoms with Gasteiger partial charge >= 0.3 is 5.97 Å². The fraction of sp³-hybridized carbons (Fsp3) is 0.235. The third-order valence-corrected chi connectivity index (χ3v) is 7.40. The van der Waals surface area contributed by atoms with Crippen LogP contribution in [0.15, 0.2) is 52.3 Å². The van der Waals surface area contributed by atoms with Crippen molar-refractivity contribution in [3.05, 3.63) is 47.5 Å². The van der Waals surface area contributed by atoms with Crippen molar-refractivity contribution in [3.63, 3.8) is 0 Å². The lowest BCUT2D eigenvalue weighted by Crippen LogP contribution is -2.29. The fourth-order valence-corrected chi connectivity index (χ4v) is 4.73. The Bertz CT molecular complexity index is 1100. The molecule has 0 aliphatic carbocycles. The Morgan fingerprint density at radius 3 is 2.24 bits per heavy atom. The predicted octanol–water partition coefficient (Wildman–Crippen LogP) is 1.93. The molecule has 2 aromatic rings. The molecule has 0 spiro atoms. The maximum atomic E-state index is 12.9. The standard InChI is InChI=1S/C17H19ClN2O7S2/c1-20(29(25,26)13-5-3-12(18)4-6-13)15-11-14(7-8-16(15)27-2)28(23,24)19-10-9-17(21)22/h3-8,11,19H,9-10H2,1-2H3,(H,21,22). The summed E-state index contributed by atoms with van der Waals surface area (Å²) in [5, 5.41) is 9.01. The van der Waals surface area contributed by atoms with E-state index in [0.29, 0.717) is 5.02 Å². The van der Waals surface area contributed by atoms with Gasteiger partial charge in [0.25, 0.3) is 10.0 Å². The van der Waals surface area contributed by atoms with Gasteiger partial charge in [0, 0.05) is 18.6 Å². The molecule has 0 aliphatic heterocycles. The average molecular weight is 463 g/mol. The first-order valence-electron chi connectivity index (χ1n) is 8.13. The van der Waals surface area contributed by atoms with Gasteiger partial charge in [-0.1, -0.05) is 11.6 Å². The highest BCUT2D eigenvalue weighted by atomic mass is 35.5. The van der Waals surface area contributed by atoms with Crippen molar-refractivity contribution in [3.8, 4) is 5.75 Å². The number of sulfonamides is 2. The largest absolute Gasteiger partial charge is 0.495 e. The Kier molecular flexibility index (Phi) is 7.11. The molecule has 0 aliphatic rings. The van der Waals surface area contributed by atoms with Gasteiger partial charge < -0.3 is 9.84 Å². The molecule has 2 rings (SSSR count). The van der Waals surface area contributed by atoms with Gasteiger partial charge in [0.15, 0.2) is 0 Å². The van der Waals surface area contributed by atoms with Gasteiger partial charge in [0.05, 0.1) is 29.0 Å². The summed E-state index contributed by atoms with van der Waals surface area (Å²) in [6, 6.07) is 9.18. The van der Waals surface area contributed by atoms with Crippen LogP contribution in [0.5, 0.6) is 5.75 Å². The highest BCUT2D eigenvalue weighted by molar-refractivity contribution is 7.92. The number of carboxylic acid groups (broad SMARTS) is 1. The number of benzene rings is 2. The molecule has 2 N–H and O–H groups in total. The Hall–Kier alpha value is -2.34. The zero-order valence-electron chi connectivity index (χ0n) is 15.5. The summed E-state index contributed by atoms with van der Waals surface area (Å²) in [4.78, 5) is 10.3. The molecule has 0 fully saturated rings. The number of halogens is 1. The van der Waals surface area contributed by atoms with E-state index in [1.54, 1.807) is 0 Å². The van der Waals surface area contributed by atoms with Gasteiger partial charge in [-0.15, -0.1) is 0 Å². The van der Waals surface area contributed by atoms with E-state index in [-0.39, 0.29) is 27.8 Å². The molecule has 12 heteroatoms. The fourth-order valence-electron chi connectivity index (χ4n) is 2.35. The van der Waals surface area contributed by atoms with E-state index in [9.17, 15) is 21.6 Å². The van der Waals surface area contributed by atoms with Gasteiger partial charge in [-0.25, -0.2) is 21.6 Å². The maximum Gasteiger partial charge on any atom is 0.304 e. The zero-order valence-corrected chi connectivity index (χ0v) is 17.9. The molecule has 0 bridgehead atoms. The summed E-state index contributed by atoms with van der Waals surface area (Å²) >= 11 is 5.80. The van der Waals surface area contributed by atoms with Crippen LogP contribution in [0, 0.1) is 0 Å². The van der Waals surface area contributed by atoms with Crippen molar-refractivity contribution in [2.24, 2.45) is 0 Å². The first kappa shape index (κ1) is 22.9. The SMILES string of the molecule is COc1ccc(S(=O)(=O)NCCC(=O)O)cc1N(C)S(=O)(=O)c1ccc(Cl)cc1. The molecule has 0 amide bonds. The van der Waals surface area contributed by atoms with Gasteiger partial charge in [0.1, 0.15) is 5.75 Å². The number of nitrogens with zero attached hydrogens (tertiary/aromatic N) is 1. The second kappa shape index (κ2) is 8.99. The van der Waals surface area contributed by atoms with Crippen LogP contribution in [-0.2, 0) is 24.8 Å². The molecule has 0 aromatic heterocycles. The van der Waals surface area contributed by atoms with E-state index >= 15 is 0 Å². The summed E-state index contributed by atoms with van der Waals surface area (Å²) in [5.41, 5.74) is -0.0106. The Morgan fingerprint density at radius 2 is 1.69 bits per heavy atom. The Balaban J connectivity index is 2.44. The monoisotopic (exact) mass is 462 g/mol. The summed E-state index contributed by atoms with van der Waals surface area (Å²) in [6.07, 6.45) is -0.396. The molecule has 0 radical (unpaired) electrons. The lowest BCUT2D eigenvalue weighted by molar-refractivity contribution is -0.136. The second-order valence-corrected chi connectivity index (χ2v) is 9.97. The number of hydrogen-bond donors (Lipinski definition) is 2. The van der Waals surface area contributed by atoms with Crippen LogP contribution >= 0.6 is 11.6 Å². The zero-order chi connectivity index (χ0) is 21.8. The van der Waals surface area contributed by atoms with Crippen LogP contribution in [-0.4, -0.2) is 48.6 Å². The molecule has 0 heterocycles. The van der Waals surface area contributed by atoms with Crippen LogP contribution in [0.3, 0.4) is 0 Å². The highest BCUT2D eigenvalue weighted by Gasteiger charge is 2.26. The normalized spacial score (nSPS) is 11.8. The van der Waals surface area contributed by atoms with Crippen molar-refractivity contribution in [2.45, 2.75) is 16.2 Å². The van der Waals surface area contributed by atoms with E-state index < -0.39 is 32.4 Å². The molecule has 158 valence electrons. The minimum Gasteiger partial charge on any atom is -0.495 e. The summed E-state index contributed by atoms with van der Waals surface area (Å²) in [7, 11) is -5.51. The predicted molar refractivity (Wildman–Crippen MR) is 107 cm³/mol. The number of nitrogens with one attached hydrogen (secondary N) is 1. The van der Waals surface area contributed by atoms with Crippen molar-refractivity contribution in [1.29, 1.82) is 0 Å². The van der Waals surface area contributed by atoms with Crippen molar-refractivity contribution < 1.29 is 31.5 Å². The molecule has 9 nitrogen and oxygen atoms in total. The van der Waals surface area contributed by atoms with Crippen LogP contribution in [0.25, 0.3) is 0 Å². The van der Waals surface area contributed by atoms with Gasteiger partial charge in [-0.3, -0.25) is 9.10 Å². The molecule has 29 heavy (non-hydrogen) atoms. The molecular formula is C17H19ClN2O7S2. The Labute approximate surface area is 174 Å². The van der Waals surface area contributed by atoms with Crippen molar-refractivity contribution >= 4 is 43.3 Å². The first-order valence-corrected chi connectivity index (χ1v) is 11.4. The van der Waals surface area contributed by atoms with E-state index in [4.69, 9.17) is 21.4 Å². The minimum absolute atomic E-state index is 0.0106. The van der Waals surface area contributed by atoms with Crippen LogP contribution in [0.2, 0.25) is 5.02 Å². The summed E-state index contributed by atoms with van der Waals surface area (Å²) < 4.78 is 58.9. The topological polar surface area (TPSA) is 130 Å². The number of hydrogen-bond acceptors (Lipinski definition) is 6. The van der Waals surface area contributed by atoms with E-state index in [0.717, 1.165) is 10.4 Å². The van der Waals surface area contributed by atoms with Gasteiger partial charge in [-0.2, -0.15) is 0 Å². The van der Waals surface area contributed by atoms with Crippen molar-refractivity contribution in [2.75, 3.05) is 25.0 Å². The van der Waals surface area contributed by atoms with E-state index in [2.05, 4.69) is 4.72 Å². The first-order chi connectivity index (χ1) is 13.5. The molecule has 2 aromatic carbocycles. The van der Waals surface area contributed by atoms with Crippen LogP contribution in [0.1, 0.15) is 6.42 Å². The molecule has 0 unspecified atom stereocenters. The smallest absolute Gasteiger partial charge is 0.304 e. The number of anilines is 1. The third kappa shape index (κ3) is 5.38. The summed E-state index contributed by atoms with van der Waals surface area (Å²) in [5.74, 6) is -1.02. The number of carboxylic acids is 1. The Morgan fingerprint density at radius 1 is 1.10 bits per heavy atom. The molecular weight excluding hydrogens is 444 g/mol. The maximum absolute atomic E-state index is 12.9. The van der Waals surface area contributed by atoms with Crippen molar-refractivity contribution in [1.82, 2.24) is 4.72 Å². The molecule has 0 saturated carbocycles. The number of methoxy groups -OCH3 is 1. The quantitative estimate of drug-likeness (QED) is 0.582. The van der Waals surface area contributed by atoms with Crippen LogP contribution < -0.4 is 13.8 Å². The average Bonchev–Trinajstić information content (AvgIpc) is 2.66. The van der Waals surface area contributed by atoms with Gasteiger partial charge in [-0.05, 0) is 42.5 Å².